The highest BCUT2D eigenvalue weighted by Gasteiger charge is 1.94. The van der Waals surface area contributed by atoms with Crippen molar-refractivity contribution in [1.29, 1.82) is 5.41 Å². The third-order valence-electron chi connectivity index (χ3n) is 0.330. The van der Waals surface area contributed by atoms with Crippen molar-refractivity contribution in [2.45, 2.75) is 19.1 Å². The fourth-order valence-corrected chi connectivity index (χ4v) is 1.33. The zero-order chi connectivity index (χ0) is 6.57. The largest absolute Gasteiger partial charge is 0.378 e. The normalized spacial score (nSPS) is 8.78. The maximum atomic E-state index is 6.81. The number of halogens is 1. The van der Waals surface area contributed by atoms with Gasteiger partial charge >= 0.3 is 0 Å². The minimum Gasteiger partial charge on any atom is -0.378 e. The predicted molar refractivity (Wildman–Crippen MR) is 49.5 cm³/mol. The Bertz CT molecular complexity index is 86.6. The first-order chi connectivity index (χ1) is 3.63. The summed E-state index contributed by atoms with van der Waals surface area (Å²) in [6.07, 6.45) is 0. The summed E-state index contributed by atoms with van der Waals surface area (Å²) in [7, 11) is 2.92. The van der Waals surface area contributed by atoms with Gasteiger partial charge in [0.2, 0.25) is 0 Å². The van der Waals surface area contributed by atoms with Crippen LogP contribution in [0.4, 0.5) is 0 Å². The highest BCUT2D eigenvalue weighted by atomic mass is 35.5. The van der Waals surface area contributed by atoms with Gasteiger partial charge in [-0.3, -0.25) is 5.41 Å². The van der Waals surface area contributed by atoms with E-state index >= 15 is 0 Å². The Kier molecular flexibility index (Phi) is 8.89. The molecule has 0 aromatic heterocycles. The van der Waals surface area contributed by atoms with Gasteiger partial charge in [0.25, 0.3) is 0 Å². The number of hydrogen-bond donors (Lipinski definition) is 2. The van der Waals surface area contributed by atoms with Crippen LogP contribution < -0.4 is 5.73 Å². The average Bonchev–Trinajstić information content (AvgIpc) is 1.61. The van der Waals surface area contributed by atoms with E-state index in [0.717, 1.165) is 0 Å². The monoisotopic (exact) mass is 186 g/mol. The molecule has 0 fully saturated rings. The molecule has 5 heteroatoms. The van der Waals surface area contributed by atoms with Crippen LogP contribution in [-0.4, -0.2) is 10.4 Å². The van der Waals surface area contributed by atoms with Gasteiger partial charge in [0.15, 0.2) is 5.17 Å². The third-order valence-corrected chi connectivity index (χ3v) is 2.97. The van der Waals surface area contributed by atoms with E-state index in [9.17, 15) is 0 Å². The van der Waals surface area contributed by atoms with Gasteiger partial charge in [-0.1, -0.05) is 24.6 Å². The first-order valence-corrected chi connectivity index (χ1v) is 4.51. The van der Waals surface area contributed by atoms with Gasteiger partial charge in [0, 0.05) is 5.25 Å². The average molecular weight is 187 g/mol. The molecule has 9 heavy (non-hydrogen) atoms. The van der Waals surface area contributed by atoms with Crippen molar-refractivity contribution < 1.29 is 0 Å². The lowest BCUT2D eigenvalue weighted by atomic mass is 10.6. The summed E-state index contributed by atoms with van der Waals surface area (Å²) >= 11 is 0. The second-order valence-electron chi connectivity index (χ2n) is 1.59. The van der Waals surface area contributed by atoms with E-state index in [1.807, 2.05) is 0 Å². The molecule has 56 valence electrons. The Balaban J connectivity index is 0. The van der Waals surface area contributed by atoms with Gasteiger partial charge in [-0.15, -0.1) is 12.4 Å². The molecule has 0 atom stereocenters. The van der Waals surface area contributed by atoms with Crippen LogP contribution in [0.1, 0.15) is 13.8 Å². The van der Waals surface area contributed by atoms with Gasteiger partial charge in [0.05, 0.1) is 0 Å². The number of nitrogens with one attached hydrogen (secondary N) is 1. The summed E-state index contributed by atoms with van der Waals surface area (Å²) in [5.41, 5.74) is 5.07. The van der Waals surface area contributed by atoms with Crippen LogP contribution in [0.5, 0.6) is 0 Å². The van der Waals surface area contributed by atoms with Gasteiger partial charge in [-0.2, -0.15) is 0 Å². The minimum atomic E-state index is 0. The van der Waals surface area contributed by atoms with Crippen LogP contribution in [0.15, 0.2) is 0 Å². The molecule has 0 spiro atoms. The van der Waals surface area contributed by atoms with E-state index < -0.39 is 0 Å². The topological polar surface area (TPSA) is 49.9 Å². The molecule has 0 aromatic rings. The predicted octanol–water partition coefficient (Wildman–Crippen LogP) is 2.09. The van der Waals surface area contributed by atoms with Gasteiger partial charge < -0.3 is 5.73 Å². The maximum Gasteiger partial charge on any atom is 0.161 e. The summed E-state index contributed by atoms with van der Waals surface area (Å²) in [5, 5.41) is 7.54. The lowest BCUT2D eigenvalue weighted by Gasteiger charge is -1.99. The molecule has 0 saturated carbocycles. The number of amidine groups is 1. The van der Waals surface area contributed by atoms with Crippen LogP contribution in [0.2, 0.25) is 0 Å². The van der Waals surface area contributed by atoms with Gasteiger partial charge in [0.1, 0.15) is 0 Å². The maximum absolute atomic E-state index is 6.81. The molecule has 0 rings (SSSR count). The Morgan fingerprint density at radius 2 is 2.00 bits per heavy atom. The summed E-state index contributed by atoms with van der Waals surface area (Å²) in [6.45, 7) is 4.14. The van der Waals surface area contributed by atoms with Crippen molar-refractivity contribution in [2.24, 2.45) is 5.73 Å². The SMILES string of the molecule is CC(C)SSC(=N)N.Cl. The van der Waals surface area contributed by atoms with Crippen molar-refractivity contribution in [1.82, 2.24) is 0 Å². The van der Waals surface area contributed by atoms with Crippen LogP contribution in [0.3, 0.4) is 0 Å². The molecule has 0 aliphatic rings. The summed E-state index contributed by atoms with van der Waals surface area (Å²) in [4.78, 5) is 0. The molecule has 0 aromatic carbocycles. The molecule has 0 heterocycles. The molecular weight excluding hydrogens is 176 g/mol. The smallest absolute Gasteiger partial charge is 0.161 e. The van der Waals surface area contributed by atoms with Crippen molar-refractivity contribution in [3.8, 4) is 0 Å². The second-order valence-corrected chi connectivity index (χ2v) is 4.41. The Morgan fingerprint density at radius 3 is 2.11 bits per heavy atom. The summed E-state index contributed by atoms with van der Waals surface area (Å²) < 4.78 is 0. The standard InChI is InChI=1S/C4H10N2S2.ClH/c1-3(2)7-8-4(5)6;/h3H,1-2H3,(H3,5,6);1H. The molecule has 3 N–H and O–H groups in total. The molecule has 0 bridgehead atoms. The van der Waals surface area contributed by atoms with Crippen LogP contribution in [-0.2, 0) is 0 Å². The zero-order valence-corrected chi connectivity index (χ0v) is 7.83. The fourth-order valence-electron chi connectivity index (χ4n) is 0.148. The molecule has 0 aliphatic carbocycles. The van der Waals surface area contributed by atoms with E-state index in [4.69, 9.17) is 11.1 Å². The second kappa shape index (κ2) is 6.58. The third kappa shape index (κ3) is 11.8. The van der Waals surface area contributed by atoms with Crippen LogP contribution in [0, 0.1) is 5.41 Å². The van der Waals surface area contributed by atoms with E-state index in [0.29, 0.717) is 5.25 Å². The van der Waals surface area contributed by atoms with E-state index in [-0.39, 0.29) is 17.6 Å². The van der Waals surface area contributed by atoms with Crippen molar-refractivity contribution in [3.05, 3.63) is 0 Å². The van der Waals surface area contributed by atoms with Crippen LogP contribution in [0.25, 0.3) is 0 Å². The Labute approximate surface area is 69.7 Å². The number of nitrogens with two attached hydrogens (primary N) is 1. The molecule has 0 aliphatic heterocycles. The highest BCUT2D eigenvalue weighted by molar-refractivity contribution is 8.82. The highest BCUT2D eigenvalue weighted by Crippen LogP contribution is 2.24. The Morgan fingerprint density at radius 1 is 1.56 bits per heavy atom. The molecule has 0 unspecified atom stereocenters. The fraction of sp³-hybridized carbons (Fsp3) is 0.750. The Hall–Kier alpha value is 0.460. The quantitative estimate of drug-likeness (QED) is 0.395. The van der Waals surface area contributed by atoms with E-state index in [1.165, 1.54) is 10.8 Å². The molecule has 0 radical (unpaired) electrons. The van der Waals surface area contributed by atoms with Crippen molar-refractivity contribution in [3.63, 3.8) is 0 Å². The molecule has 0 saturated heterocycles. The lowest BCUT2D eigenvalue weighted by molar-refractivity contribution is 1.12. The van der Waals surface area contributed by atoms with Gasteiger partial charge in [-0.25, -0.2) is 0 Å². The van der Waals surface area contributed by atoms with Crippen molar-refractivity contribution >= 4 is 39.2 Å². The van der Waals surface area contributed by atoms with Crippen LogP contribution >= 0.6 is 34.0 Å². The zero-order valence-electron chi connectivity index (χ0n) is 5.38. The minimum absolute atomic E-state index is 0. The van der Waals surface area contributed by atoms with Gasteiger partial charge in [-0.05, 0) is 10.8 Å². The lowest BCUT2D eigenvalue weighted by Crippen LogP contribution is -2.02. The van der Waals surface area contributed by atoms with E-state index in [2.05, 4.69) is 13.8 Å². The molecular formula is C4H11ClN2S2. The first-order valence-electron chi connectivity index (χ1n) is 2.30. The number of rotatable bonds is 2. The summed E-state index contributed by atoms with van der Waals surface area (Å²) in [5.74, 6) is 0. The first kappa shape index (κ1) is 12.2. The molecule has 0 amide bonds. The van der Waals surface area contributed by atoms with E-state index in [1.54, 1.807) is 10.8 Å². The summed E-state index contributed by atoms with van der Waals surface area (Å²) in [6, 6.07) is 0. The van der Waals surface area contributed by atoms with Crippen molar-refractivity contribution in [2.75, 3.05) is 0 Å². The molecule has 2 nitrogen and oxygen atoms in total. The number of hydrogen-bond acceptors (Lipinski definition) is 3.